The minimum atomic E-state index is 0.820. The lowest BCUT2D eigenvalue weighted by atomic mass is 9.99. The van der Waals surface area contributed by atoms with Crippen molar-refractivity contribution in [1.82, 2.24) is 19.1 Å². The minimum Gasteiger partial charge on any atom is -0.497 e. The van der Waals surface area contributed by atoms with E-state index in [1.165, 1.54) is 33.0 Å². The summed E-state index contributed by atoms with van der Waals surface area (Å²) in [6, 6.07) is 38.7. The number of benzene rings is 5. The monoisotopic (exact) mass is 594 g/mol. The summed E-state index contributed by atoms with van der Waals surface area (Å²) in [5, 5.41) is 4.72. The molecule has 0 saturated carbocycles. The van der Waals surface area contributed by atoms with E-state index in [-0.39, 0.29) is 0 Å². The van der Waals surface area contributed by atoms with Gasteiger partial charge in [0, 0.05) is 34.3 Å². The van der Waals surface area contributed by atoms with E-state index in [4.69, 9.17) is 19.4 Å². The zero-order valence-corrected chi connectivity index (χ0v) is 25.2. The van der Waals surface area contributed by atoms with Gasteiger partial charge in [0.15, 0.2) is 0 Å². The van der Waals surface area contributed by atoms with Crippen LogP contribution in [0, 0.1) is 0 Å². The molecule has 4 aromatic heterocycles. The van der Waals surface area contributed by atoms with Crippen LogP contribution in [0.15, 0.2) is 122 Å². The van der Waals surface area contributed by atoms with Crippen LogP contribution in [0.4, 0.5) is 0 Å². The van der Waals surface area contributed by atoms with Gasteiger partial charge in [-0.15, -0.1) is 0 Å². The van der Waals surface area contributed by atoms with E-state index in [1.807, 2.05) is 36.7 Å². The molecule has 0 aliphatic heterocycles. The van der Waals surface area contributed by atoms with Crippen LogP contribution in [0.25, 0.3) is 88.3 Å². The average molecular weight is 595 g/mol. The summed E-state index contributed by atoms with van der Waals surface area (Å²) in [5.74, 6) is 1.64. The molecule has 0 amide bonds. The highest BCUT2D eigenvalue weighted by Crippen LogP contribution is 2.53. The van der Waals surface area contributed by atoms with E-state index in [0.717, 1.165) is 66.7 Å². The first-order valence-corrected chi connectivity index (χ1v) is 15.3. The number of rotatable bonds is 4. The van der Waals surface area contributed by atoms with Crippen molar-refractivity contribution in [2.24, 2.45) is 0 Å². The number of aromatic nitrogens is 4. The molecule has 0 unspecified atom stereocenters. The van der Waals surface area contributed by atoms with Crippen LogP contribution in [0.1, 0.15) is 0 Å². The average Bonchev–Trinajstić information content (AvgIpc) is 3.75. The Hall–Kier alpha value is -6.14. The Balaban J connectivity index is 1.38. The molecule has 4 heterocycles. The molecule has 6 heteroatoms. The van der Waals surface area contributed by atoms with Gasteiger partial charge in [0.25, 0.3) is 0 Å². The van der Waals surface area contributed by atoms with Crippen LogP contribution in [-0.4, -0.2) is 33.3 Å². The lowest BCUT2D eigenvalue weighted by molar-refractivity contribution is 0.415. The maximum Gasteiger partial charge on any atom is 0.119 e. The fourth-order valence-corrected chi connectivity index (χ4v) is 7.66. The lowest BCUT2D eigenvalue weighted by Crippen LogP contribution is -2.02. The molecular weight excluding hydrogens is 568 g/mol. The fraction of sp³-hybridized carbons (Fsp3) is 0.0500. The Kier molecular flexibility index (Phi) is 5.04. The summed E-state index contributed by atoms with van der Waals surface area (Å²) in [5.41, 5.74) is 13.2. The van der Waals surface area contributed by atoms with Gasteiger partial charge in [0.2, 0.25) is 0 Å². The summed E-state index contributed by atoms with van der Waals surface area (Å²) in [4.78, 5) is 9.55. The van der Waals surface area contributed by atoms with Crippen LogP contribution >= 0.6 is 0 Å². The summed E-state index contributed by atoms with van der Waals surface area (Å²) >= 11 is 0. The first kappa shape index (κ1) is 25.2. The largest absolute Gasteiger partial charge is 0.497 e. The van der Waals surface area contributed by atoms with E-state index in [1.54, 1.807) is 14.2 Å². The van der Waals surface area contributed by atoms with Crippen LogP contribution in [0.3, 0.4) is 0 Å². The zero-order valence-electron chi connectivity index (χ0n) is 25.2. The molecule has 0 spiro atoms. The van der Waals surface area contributed by atoms with Crippen molar-refractivity contribution in [3.8, 4) is 45.1 Å². The first-order chi connectivity index (χ1) is 22.7. The fourth-order valence-electron chi connectivity index (χ4n) is 7.66. The number of methoxy groups -OCH3 is 2. The molecule has 6 nitrogen and oxygen atoms in total. The first-order valence-electron chi connectivity index (χ1n) is 15.3. The van der Waals surface area contributed by atoms with Gasteiger partial charge >= 0.3 is 0 Å². The zero-order chi connectivity index (χ0) is 30.5. The van der Waals surface area contributed by atoms with Crippen molar-refractivity contribution in [3.63, 3.8) is 0 Å². The molecular formula is C40H26N4O2. The molecule has 0 N–H and O–H groups in total. The Morgan fingerprint density at radius 2 is 1.00 bits per heavy atom. The van der Waals surface area contributed by atoms with Gasteiger partial charge in [-0.2, -0.15) is 0 Å². The molecule has 9 aromatic rings. The molecule has 1 aliphatic carbocycles. The quantitative estimate of drug-likeness (QED) is 0.204. The number of hydrogen-bond acceptors (Lipinski definition) is 4. The second-order valence-corrected chi connectivity index (χ2v) is 11.7. The molecule has 0 bridgehead atoms. The molecule has 0 fully saturated rings. The highest BCUT2D eigenvalue weighted by Gasteiger charge is 2.30. The summed E-state index contributed by atoms with van der Waals surface area (Å²) in [6.07, 6.45) is 3.69. The lowest BCUT2D eigenvalue weighted by Gasteiger charge is -2.19. The molecule has 46 heavy (non-hydrogen) atoms. The third-order valence-electron chi connectivity index (χ3n) is 9.54. The third-order valence-corrected chi connectivity index (χ3v) is 9.54. The molecule has 1 aliphatic rings. The second kappa shape index (κ2) is 9.19. The highest BCUT2D eigenvalue weighted by atomic mass is 16.5. The number of pyridine rings is 2. The van der Waals surface area contributed by atoms with Gasteiger partial charge in [0.05, 0.1) is 47.7 Å². The van der Waals surface area contributed by atoms with E-state index >= 15 is 0 Å². The highest BCUT2D eigenvalue weighted by molar-refractivity contribution is 6.20. The number of nitrogens with zero attached hydrogens (tertiary/aromatic N) is 4. The van der Waals surface area contributed by atoms with Crippen LogP contribution in [0.2, 0.25) is 0 Å². The van der Waals surface area contributed by atoms with Crippen molar-refractivity contribution >= 4 is 54.6 Å². The topological polar surface area (TPSA) is 54.1 Å². The summed E-state index contributed by atoms with van der Waals surface area (Å²) < 4.78 is 16.1. The smallest absolute Gasteiger partial charge is 0.119 e. The maximum atomic E-state index is 5.67. The van der Waals surface area contributed by atoms with Gasteiger partial charge in [-0.05, 0) is 94.7 Å². The van der Waals surface area contributed by atoms with Gasteiger partial charge in [-0.25, -0.2) is 0 Å². The van der Waals surface area contributed by atoms with E-state index < -0.39 is 0 Å². The van der Waals surface area contributed by atoms with E-state index in [0.29, 0.717) is 0 Å². The standard InChI is InChI=1S/C40H26N4O2/c1-45-24-13-15-30-28(21-24)29-22-25(46-2)14-16-31(29)43(30)32-17-18-33(38-27-10-4-8-23-7-3-9-26(36(23)27)37(32)38)44-34-11-5-19-41-39(34)40-35(44)12-6-20-42-40/h3-22H,1-2H3. The molecule has 5 aromatic carbocycles. The van der Waals surface area contributed by atoms with Crippen LogP contribution < -0.4 is 9.47 Å². The predicted octanol–water partition coefficient (Wildman–Crippen LogP) is 9.49. The summed E-state index contributed by atoms with van der Waals surface area (Å²) in [7, 11) is 3.42. The summed E-state index contributed by atoms with van der Waals surface area (Å²) in [6.45, 7) is 0. The number of hydrogen-bond donors (Lipinski definition) is 0. The van der Waals surface area contributed by atoms with Gasteiger partial charge in [0.1, 0.15) is 22.5 Å². The van der Waals surface area contributed by atoms with Gasteiger partial charge in [-0.3, -0.25) is 9.97 Å². The van der Waals surface area contributed by atoms with Crippen molar-refractivity contribution < 1.29 is 9.47 Å². The molecule has 218 valence electrons. The van der Waals surface area contributed by atoms with Crippen LogP contribution in [-0.2, 0) is 0 Å². The number of ether oxygens (including phenoxy) is 2. The van der Waals surface area contributed by atoms with E-state index in [9.17, 15) is 0 Å². The van der Waals surface area contributed by atoms with Crippen molar-refractivity contribution in [2.45, 2.75) is 0 Å². The Morgan fingerprint density at radius 1 is 0.500 bits per heavy atom. The number of fused-ring (bicyclic) bond motifs is 9. The van der Waals surface area contributed by atoms with E-state index in [2.05, 4.69) is 94.1 Å². The molecule has 0 saturated heterocycles. The molecule has 10 rings (SSSR count). The molecule has 0 atom stereocenters. The Bertz CT molecular complexity index is 2620. The predicted molar refractivity (Wildman–Crippen MR) is 186 cm³/mol. The Labute approximate surface area is 263 Å². The third kappa shape index (κ3) is 3.20. The van der Waals surface area contributed by atoms with Crippen molar-refractivity contribution in [2.75, 3.05) is 14.2 Å². The normalized spacial score (nSPS) is 12.1. The maximum absolute atomic E-state index is 5.67. The second-order valence-electron chi connectivity index (χ2n) is 11.7. The van der Waals surface area contributed by atoms with Gasteiger partial charge in [-0.1, -0.05) is 36.4 Å². The molecule has 0 radical (unpaired) electrons. The van der Waals surface area contributed by atoms with Gasteiger partial charge < -0.3 is 18.6 Å². The van der Waals surface area contributed by atoms with Crippen molar-refractivity contribution in [1.29, 1.82) is 0 Å². The minimum absolute atomic E-state index is 0.820. The van der Waals surface area contributed by atoms with Crippen molar-refractivity contribution in [3.05, 3.63) is 122 Å². The SMILES string of the molecule is COc1ccc2c(c1)c1cc(OC)ccc1n2-c1ccc(-n2c3cccnc3c3ncccc32)c2c1-c1cccc3cccc-2c13. The Morgan fingerprint density at radius 3 is 1.50 bits per heavy atom. The van der Waals surface area contributed by atoms with Crippen LogP contribution in [0.5, 0.6) is 11.5 Å².